The summed E-state index contributed by atoms with van der Waals surface area (Å²) in [6, 6.07) is 7.92. The smallest absolute Gasteiger partial charge is 0.337 e. The van der Waals surface area contributed by atoms with E-state index in [4.69, 9.17) is 21.1 Å². The fourth-order valence-electron chi connectivity index (χ4n) is 1.71. The van der Waals surface area contributed by atoms with Crippen molar-refractivity contribution in [3.05, 3.63) is 34.9 Å². The van der Waals surface area contributed by atoms with E-state index in [1.54, 1.807) is 0 Å². The molecule has 1 heterocycles. The van der Waals surface area contributed by atoms with Gasteiger partial charge in [-0.3, -0.25) is 0 Å². The number of aryl methyl sites for hydroxylation is 1. The molecule has 98 valence electrons. The summed E-state index contributed by atoms with van der Waals surface area (Å²) >= 11 is 5.82. The Morgan fingerprint density at radius 2 is 2.00 bits per heavy atom. The van der Waals surface area contributed by atoms with Gasteiger partial charge in [-0.1, -0.05) is 23.7 Å². The van der Waals surface area contributed by atoms with E-state index in [2.05, 4.69) is 0 Å². The molecule has 0 spiro atoms. The average molecular weight is 269 g/mol. The summed E-state index contributed by atoms with van der Waals surface area (Å²) in [7, 11) is 0. The number of rotatable bonds is 7. The van der Waals surface area contributed by atoms with Crippen LogP contribution in [-0.2, 0) is 20.7 Å². The molecule has 1 aliphatic rings. The van der Waals surface area contributed by atoms with Gasteiger partial charge < -0.3 is 9.47 Å². The molecule has 1 aromatic carbocycles. The van der Waals surface area contributed by atoms with E-state index in [0.29, 0.717) is 13.2 Å². The number of benzene rings is 1. The van der Waals surface area contributed by atoms with Crippen LogP contribution in [-0.4, -0.2) is 25.3 Å². The highest BCUT2D eigenvalue weighted by atomic mass is 35.5. The van der Waals surface area contributed by atoms with Crippen molar-refractivity contribution < 1.29 is 14.3 Å². The molecule has 0 aliphatic carbocycles. The zero-order valence-electron chi connectivity index (χ0n) is 10.2. The molecule has 2 rings (SSSR count). The lowest BCUT2D eigenvalue weighted by atomic mass is 10.1. The van der Waals surface area contributed by atoms with E-state index < -0.39 is 0 Å². The Kier molecular flexibility index (Phi) is 5.02. The van der Waals surface area contributed by atoms with Crippen LogP contribution < -0.4 is 0 Å². The van der Waals surface area contributed by atoms with Crippen molar-refractivity contribution in [3.8, 4) is 0 Å². The Labute approximate surface area is 112 Å². The molecule has 1 atom stereocenters. The van der Waals surface area contributed by atoms with Crippen molar-refractivity contribution in [2.24, 2.45) is 0 Å². The Balaban J connectivity index is 1.50. The van der Waals surface area contributed by atoms with E-state index in [0.717, 1.165) is 30.7 Å². The first kappa shape index (κ1) is 13.4. The molecule has 3 nitrogen and oxygen atoms in total. The molecule has 1 saturated heterocycles. The molecule has 1 fully saturated rings. The molecule has 0 bridgehead atoms. The summed E-state index contributed by atoms with van der Waals surface area (Å²) in [6.45, 7) is 1.02. The topological polar surface area (TPSA) is 38.8 Å². The molecular formula is C14H17ClO3. The quantitative estimate of drug-likeness (QED) is 0.433. The predicted octanol–water partition coefficient (Wildman–Crippen LogP) is 2.99. The van der Waals surface area contributed by atoms with Gasteiger partial charge in [-0.25, -0.2) is 4.79 Å². The van der Waals surface area contributed by atoms with Crippen LogP contribution in [0.15, 0.2) is 24.3 Å². The standard InChI is InChI=1S/C14H17ClO3/c15-12-7-5-11(6-8-12)4-2-1-3-9-17-14(16)13-10-18-13/h5-8,13H,1-4,9-10H2. The normalized spacial score (nSPS) is 17.5. The van der Waals surface area contributed by atoms with Crippen molar-refractivity contribution in [1.29, 1.82) is 0 Å². The number of esters is 1. The number of halogens is 1. The van der Waals surface area contributed by atoms with E-state index in [1.165, 1.54) is 5.56 Å². The van der Waals surface area contributed by atoms with Crippen molar-refractivity contribution in [3.63, 3.8) is 0 Å². The van der Waals surface area contributed by atoms with Gasteiger partial charge in [-0.15, -0.1) is 0 Å². The minimum absolute atomic E-state index is 0.215. The van der Waals surface area contributed by atoms with Crippen molar-refractivity contribution in [1.82, 2.24) is 0 Å². The highest BCUT2D eigenvalue weighted by Crippen LogP contribution is 2.13. The number of hydrogen-bond donors (Lipinski definition) is 0. The van der Waals surface area contributed by atoms with Gasteiger partial charge in [0.05, 0.1) is 13.2 Å². The van der Waals surface area contributed by atoms with Crippen molar-refractivity contribution in [2.75, 3.05) is 13.2 Å². The van der Waals surface area contributed by atoms with Gasteiger partial charge in [0.15, 0.2) is 6.10 Å². The molecule has 0 amide bonds. The van der Waals surface area contributed by atoms with Crippen LogP contribution in [0.2, 0.25) is 5.02 Å². The van der Waals surface area contributed by atoms with Crippen LogP contribution in [0, 0.1) is 0 Å². The molecular weight excluding hydrogens is 252 g/mol. The van der Waals surface area contributed by atoms with Gasteiger partial charge in [-0.2, -0.15) is 0 Å². The number of epoxide rings is 1. The summed E-state index contributed by atoms with van der Waals surface area (Å²) in [5.74, 6) is -0.215. The Morgan fingerprint density at radius 1 is 1.28 bits per heavy atom. The van der Waals surface area contributed by atoms with Crippen LogP contribution in [0.4, 0.5) is 0 Å². The summed E-state index contributed by atoms with van der Waals surface area (Å²) in [6.07, 6.45) is 3.82. The lowest BCUT2D eigenvalue weighted by Gasteiger charge is -2.03. The number of carbonyl (C=O) groups excluding carboxylic acids is 1. The van der Waals surface area contributed by atoms with Crippen LogP contribution in [0.1, 0.15) is 24.8 Å². The van der Waals surface area contributed by atoms with Gasteiger partial charge in [0.1, 0.15) is 0 Å². The van der Waals surface area contributed by atoms with E-state index >= 15 is 0 Å². The minimum Gasteiger partial charge on any atom is -0.464 e. The summed E-state index contributed by atoms with van der Waals surface area (Å²) in [5.41, 5.74) is 1.29. The third-order valence-corrected chi connectivity index (χ3v) is 3.12. The molecule has 1 aliphatic heterocycles. The second kappa shape index (κ2) is 6.76. The molecule has 18 heavy (non-hydrogen) atoms. The first-order chi connectivity index (χ1) is 8.75. The summed E-state index contributed by atoms with van der Waals surface area (Å²) in [5, 5.41) is 0.771. The third-order valence-electron chi connectivity index (χ3n) is 2.86. The number of carbonyl (C=O) groups is 1. The molecule has 4 heteroatoms. The summed E-state index contributed by atoms with van der Waals surface area (Å²) in [4.78, 5) is 11.1. The molecule has 0 N–H and O–H groups in total. The first-order valence-corrected chi connectivity index (χ1v) is 6.66. The number of hydrogen-bond acceptors (Lipinski definition) is 3. The fourth-order valence-corrected chi connectivity index (χ4v) is 1.83. The van der Waals surface area contributed by atoms with Crippen LogP contribution >= 0.6 is 11.6 Å². The largest absolute Gasteiger partial charge is 0.464 e. The van der Waals surface area contributed by atoms with Crippen molar-refractivity contribution in [2.45, 2.75) is 31.8 Å². The van der Waals surface area contributed by atoms with Crippen LogP contribution in [0.5, 0.6) is 0 Å². The Hall–Kier alpha value is -1.06. The van der Waals surface area contributed by atoms with Crippen LogP contribution in [0.3, 0.4) is 0 Å². The third kappa shape index (κ3) is 4.67. The van der Waals surface area contributed by atoms with E-state index in [1.807, 2.05) is 24.3 Å². The Bertz CT molecular complexity index is 385. The lowest BCUT2D eigenvalue weighted by molar-refractivity contribution is -0.145. The molecule has 0 saturated carbocycles. The fraction of sp³-hybridized carbons (Fsp3) is 0.500. The van der Waals surface area contributed by atoms with Gasteiger partial charge in [0.2, 0.25) is 0 Å². The van der Waals surface area contributed by atoms with Gasteiger partial charge >= 0.3 is 5.97 Å². The monoisotopic (exact) mass is 268 g/mol. The Morgan fingerprint density at radius 3 is 2.67 bits per heavy atom. The first-order valence-electron chi connectivity index (χ1n) is 6.28. The lowest BCUT2D eigenvalue weighted by Crippen LogP contribution is -2.12. The number of ether oxygens (including phenoxy) is 2. The van der Waals surface area contributed by atoms with Gasteiger partial charge in [-0.05, 0) is 43.4 Å². The van der Waals surface area contributed by atoms with Gasteiger partial charge in [0, 0.05) is 5.02 Å². The zero-order valence-corrected chi connectivity index (χ0v) is 11.0. The zero-order chi connectivity index (χ0) is 12.8. The average Bonchev–Trinajstić information content (AvgIpc) is 3.19. The van der Waals surface area contributed by atoms with E-state index in [9.17, 15) is 4.79 Å². The predicted molar refractivity (Wildman–Crippen MR) is 69.7 cm³/mol. The van der Waals surface area contributed by atoms with Crippen LogP contribution in [0.25, 0.3) is 0 Å². The second-order valence-electron chi connectivity index (χ2n) is 4.43. The summed E-state index contributed by atoms with van der Waals surface area (Å²) < 4.78 is 9.88. The molecule has 0 radical (unpaired) electrons. The van der Waals surface area contributed by atoms with Gasteiger partial charge in [0.25, 0.3) is 0 Å². The highest BCUT2D eigenvalue weighted by Gasteiger charge is 2.32. The second-order valence-corrected chi connectivity index (χ2v) is 4.86. The molecule has 0 aromatic heterocycles. The maximum Gasteiger partial charge on any atom is 0.337 e. The molecule has 1 unspecified atom stereocenters. The number of unbranched alkanes of at least 4 members (excludes halogenated alkanes) is 2. The van der Waals surface area contributed by atoms with Crippen molar-refractivity contribution >= 4 is 17.6 Å². The highest BCUT2D eigenvalue weighted by molar-refractivity contribution is 6.30. The minimum atomic E-state index is -0.279. The maximum absolute atomic E-state index is 11.1. The molecule has 1 aromatic rings. The maximum atomic E-state index is 11.1. The SMILES string of the molecule is O=C(OCCCCCc1ccc(Cl)cc1)C1CO1. The van der Waals surface area contributed by atoms with E-state index in [-0.39, 0.29) is 12.1 Å².